The maximum Gasteiger partial charge on any atom is 0.446 e. The first kappa shape index (κ1) is 14.4. The molecule has 5 heteroatoms. The van der Waals surface area contributed by atoms with Crippen LogP contribution in [0, 0.1) is 5.92 Å². The predicted octanol–water partition coefficient (Wildman–Crippen LogP) is 4.34. The molecule has 0 amide bonds. The van der Waals surface area contributed by atoms with Gasteiger partial charge in [-0.2, -0.15) is 13.2 Å². The molecule has 0 aliphatic heterocycles. The van der Waals surface area contributed by atoms with Crippen molar-refractivity contribution in [1.82, 2.24) is 0 Å². The third-order valence-electron chi connectivity index (χ3n) is 2.76. The Balaban J connectivity index is 2.99. The molecule has 0 heterocycles. The molecule has 1 aromatic carbocycles. The van der Waals surface area contributed by atoms with Gasteiger partial charge in [-0.1, -0.05) is 38.5 Å². The van der Waals surface area contributed by atoms with E-state index in [1.165, 1.54) is 6.07 Å². The molecule has 0 aliphatic rings. The van der Waals surface area contributed by atoms with Gasteiger partial charge in [0.25, 0.3) is 0 Å². The summed E-state index contributed by atoms with van der Waals surface area (Å²) in [4.78, 5) is 0.202. The van der Waals surface area contributed by atoms with Gasteiger partial charge < -0.3 is 5.73 Å². The largest absolute Gasteiger partial charge is 0.446 e. The highest BCUT2D eigenvalue weighted by molar-refractivity contribution is 8.00. The van der Waals surface area contributed by atoms with Gasteiger partial charge in [0.15, 0.2) is 0 Å². The second-order valence-electron chi connectivity index (χ2n) is 4.00. The van der Waals surface area contributed by atoms with Crippen LogP contribution in [0.3, 0.4) is 0 Å². The summed E-state index contributed by atoms with van der Waals surface area (Å²) in [6.07, 6.45) is 0.839. The zero-order valence-electron chi connectivity index (χ0n) is 9.79. The summed E-state index contributed by atoms with van der Waals surface area (Å²) in [5, 5.41) is 0. The van der Waals surface area contributed by atoms with Crippen molar-refractivity contribution in [2.45, 2.75) is 36.7 Å². The van der Waals surface area contributed by atoms with Crippen molar-refractivity contribution in [2.24, 2.45) is 11.7 Å². The first-order chi connectivity index (χ1) is 7.85. The first-order valence-electron chi connectivity index (χ1n) is 5.45. The fourth-order valence-electron chi connectivity index (χ4n) is 1.53. The van der Waals surface area contributed by atoms with E-state index >= 15 is 0 Å². The molecule has 0 aliphatic carbocycles. The lowest BCUT2D eigenvalue weighted by Crippen LogP contribution is -2.19. The van der Waals surface area contributed by atoms with E-state index in [-0.39, 0.29) is 28.6 Å². The molecule has 1 rings (SSSR count). The van der Waals surface area contributed by atoms with E-state index in [0.29, 0.717) is 5.56 Å². The van der Waals surface area contributed by atoms with Crippen molar-refractivity contribution >= 4 is 11.8 Å². The minimum Gasteiger partial charge on any atom is -0.324 e. The van der Waals surface area contributed by atoms with E-state index in [1.807, 2.05) is 13.8 Å². The molecule has 2 atom stereocenters. The molecule has 0 bridgehead atoms. The first-order valence-corrected chi connectivity index (χ1v) is 6.27. The Labute approximate surface area is 104 Å². The van der Waals surface area contributed by atoms with Gasteiger partial charge in [-0.15, -0.1) is 0 Å². The van der Waals surface area contributed by atoms with Crippen LogP contribution in [0.25, 0.3) is 0 Å². The number of hydrogen-bond acceptors (Lipinski definition) is 2. The molecule has 1 nitrogen and oxygen atoms in total. The predicted molar refractivity (Wildman–Crippen MR) is 64.7 cm³/mol. The summed E-state index contributed by atoms with van der Waals surface area (Å²) < 4.78 is 37.2. The highest BCUT2D eigenvalue weighted by Crippen LogP contribution is 2.40. The minimum absolute atomic E-state index is 0.0964. The van der Waals surface area contributed by atoms with E-state index in [9.17, 15) is 13.2 Å². The second kappa shape index (κ2) is 5.78. The summed E-state index contributed by atoms with van der Waals surface area (Å²) in [7, 11) is 0. The van der Waals surface area contributed by atoms with Crippen molar-refractivity contribution in [2.75, 3.05) is 0 Å². The second-order valence-corrected chi connectivity index (χ2v) is 5.10. The van der Waals surface area contributed by atoms with Crippen LogP contribution in [0.15, 0.2) is 29.2 Å². The number of nitrogens with two attached hydrogens (primary N) is 1. The van der Waals surface area contributed by atoms with Crippen molar-refractivity contribution in [1.29, 1.82) is 0 Å². The monoisotopic (exact) mass is 263 g/mol. The minimum atomic E-state index is -4.27. The van der Waals surface area contributed by atoms with Gasteiger partial charge in [-0.3, -0.25) is 0 Å². The number of hydrogen-bond donors (Lipinski definition) is 1. The Morgan fingerprint density at radius 2 is 1.88 bits per heavy atom. The Morgan fingerprint density at radius 3 is 2.41 bits per heavy atom. The maximum absolute atomic E-state index is 12.4. The Bertz CT molecular complexity index is 365. The highest BCUT2D eigenvalue weighted by atomic mass is 32.2. The van der Waals surface area contributed by atoms with Crippen LogP contribution in [0.1, 0.15) is 31.9 Å². The van der Waals surface area contributed by atoms with Gasteiger partial charge in [0.2, 0.25) is 0 Å². The highest BCUT2D eigenvalue weighted by Gasteiger charge is 2.31. The van der Waals surface area contributed by atoms with Crippen LogP contribution >= 0.6 is 11.8 Å². The molecule has 0 spiro atoms. The standard InChI is InChI=1S/C12H16F3NS/c1-3-8(2)11(16)9-6-4-5-7-10(9)17-12(13,14)15/h4-8,11H,3,16H2,1-2H3/t8?,11-/m1/s1. The number of alkyl halides is 3. The van der Waals surface area contributed by atoms with Crippen molar-refractivity contribution < 1.29 is 13.2 Å². The molecule has 96 valence electrons. The third kappa shape index (κ3) is 4.24. The van der Waals surface area contributed by atoms with Gasteiger partial charge in [0.05, 0.1) is 0 Å². The molecule has 0 saturated carbocycles. The third-order valence-corrected chi connectivity index (χ3v) is 3.58. The Morgan fingerprint density at radius 1 is 1.29 bits per heavy atom. The van der Waals surface area contributed by atoms with Gasteiger partial charge in [0, 0.05) is 10.9 Å². The van der Waals surface area contributed by atoms with Crippen molar-refractivity contribution in [3.63, 3.8) is 0 Å². The molecular formula is C12H16F3NS. The van der Waals surface area contributed by atoms with E-state index < -0.39 is 5.51 Å². The summed E-state index contributed by atoms with van der Waals surface area (Å²) >= 11 is -0.0964. The number of thioether (sulfide) groups is 1. The SMILES string of the molecule is CCC(C)[C@@H](N)c1ccccc1SC(F)(F)F. The lowest BCUT2D eigenvalue weighted by Gasteiger charge is -2.21. The van der Waals surface area contributed by atoms with E-state index in [0.717, 1.165) is 6.42 Å². The average molecular weight is 263 g/mol. The van der Waals surface area contributed by atoms with Crippen LogP contribution in [0.4, 0.5) is 13.2 Å². The van der Waals surface area contributed by atoms with Crippen LogP contribution in [0.2, 0.25) is 0 Å². The zero-order chi connectivity index (χ0) is 13.1. The van der Waals surface area contributed by atoms with Gasteiger partial charge in [-0.25, -0.2) is 0 Å². The molecule has 1 aromatic rings. The number of rotatable bonds is 4. The fraction of sp³-hybridized carbons (Fsp3) is 0.500. The summed E-state index contributed by atoms with van der Waals surface area (Å²) in [6, 6.07) is 6.10. The molecule has 2 N–H and O–H groups in total. The summed E-state index contributed by atoms with van der Waals surface area (Å²) in [5.41, 5.74) is 2.29. The summed E-state index contributed by atoms with van der Waals surface area (Å²) in [5.74, 6) is 0.157. The number of halogens is 3. The number of benzene rings is 1. The quantitative estimate of drug-likeness (QED) is 0.817. The van der Waals surface area contributed by atoms with Crippen LogP contribution in [0.5, 0.6) is 0 Å². The van der Waals surface area contributed by atoms with E-state index in [4.69, 9.17) is 5.73 Å². The van der Waals surface area contributed by atoms with Gasteiger partial charge in [0.1, 0.15) is 0 Å². The molecule has 17 heavy (non-hydrogen) atoms. The average Bonchev–Trinajstić information content (AvgIpc) is 2.25. The van der Waals surface area contributed by atoms with Crippen LogP contribution in [-0.2, 0) is 0 Å². The Kier molecular flexibility index (Phi) is 4.89. The van der Waals surface area contributed by atoms with Crippen LogP contribution < -0.4 is 5.73 Å². The molecule has 0 fully saturated rings. The summed E-state index contributed by atoms with van der Waals surface area (Å²) in [6.45, 7) is 3.92. The molecule has 0 radical (unpaired) electrons. The molecular weight excluding hydrogens is 247 g/mol. The van der Waals surface area contributed by atoms with Crippen LogP contribution in [-0.4, -0.2) is 5.51 Å². The molecule has 0 saturated heterocycles. The van der Waals surface area contributed by atoms with Crippen molar-refractivity contribution in [3.05, 3.63) is 29.8 Å². The lowest BCUT2D eigenvalue weighted by atomic mass is 9.93. The maximum atomic E-state index is 12.4. The van der Waals surface area contributed by atoms with Gasteiger partial charge >= 0.3 is 5.51 Å². The van der Waals surface area contributed by atoms with E-state index in [2.05, 4.69) is 0 Å². The lowest BCUT2D eigenvalue weighted by molar-refractivity contribution is -0.0328. The smallest absolute Gasteiger partial charge is 0.324 e. The van der Waals surface area contributed by atoms with Crippen molar-refractivity contribution in [3.8, 4) is 0 Å². The normalized spacial score (nSPS) is 15.6. The zero-order valence-corrected chi connectivity index (χ0v) is 10.6. The Hall–Kier alpha value is -0.680. The fourth-order valence-corrected chi connectivity index (χ4v) is 2.25. The van der Waals surface area contributed by atoms with E-state index in [1.54, 1.807) is 18.2 Å². The molecule has 0 aromatic heterocycles. The topological polar surface area (TPSA) is 26.0 Å². The van der Waals surface area contributed by atoms with Gasteiger partial charge in [-0.05, 0) is 29.3 Å². The molecule has 1 unspecified atom stereocenters.